The van der Waals surface area contributed by atoms with E-state index in [9.17, 15) is 4.79 Å². The van der Waals surface area contributed by atoms with E-state index in [0.29, 0.717) is 12.5 Å². The van der Waals surface area contributed by atoms with E-state index in [2.05, 4.69) is 40.0 Å². The summed E-state index contributed by atoms with van der Waals surface area (Å²) >= 11 is 0. The Morgan fingerprint density at radius 3 is 2.96 bits per heavy atom. The third-order valence-corrected chi connectivity index (χ3v) is 5.06. The SMILES string of the molecule is Cc1ccn2c(CNC3CCN(C(=O)Cc4ccccc4)C3)cnc2c1. The smallest absolute Gasteiger partial charge is 0.227 e. The van der Waals surface area contributed by atoms with Gasteiger partial charge in [0, 0.05) is 31.9 Å². The van der Waals surface area contributed by atoms with Crippen molar-refractivity contribution >= 4 is 11.6 Å². The lowest BCUT2D eigenvalue weighted by molar-refractivity contribution is -0.129. The molecule has 2 aromatic heterocycles. The average Bonchev–Trinajstić information content (AvgIpc) is 3.27. The van der Waals surface area contributed by atoms with Gasteiger partial charge in [0.2, 0.25) is 5.91 Å². The first-order valence-electron chi connectivity index (χ1n) is 9.17. The monoisotopic (exact) mass is 348 g/mol. The lowest BCUT2D eigenvalue weighted by atomic mass is 10.1. The number of rotatable bonds is 5. The van der Waals surface area contributed by atoms with E-state index in [1.165, 1.54) is 5.56 Å². The topological polar surface area (TPSA) is 49.6 Å². The molecule has 0 radical (unpaired) electrons. The Labute approximate surface area is 153 Å². The molecule has 1 atom stereocenters. The van der Waals surface area contributed by atoms with Crippen LogP contribution in [0.3, 0.4) is 0 Å². The van der Waals surface area contributed by atoms with Crippen LogP contribution in [-0.4, -0.2) is 39.3 Å². The molecule has 1 N–H and O–H groups in total. The number of nitrogens with one attached hydrogen (secondary N) is 1. The number of nitrogens with zero attached hydrogens (tertiary/aromatic N) is 3. The molecule has 0 spiro atoms. The number of carbonyl (C=O) groups excluding carboxylic acids is 1. The fourth-order valence-corrected chi connectivity index (χ4v) is 3.55. The van der Waals surface area contributed by atoms with Crippen molar-refractivity contribution in [2.45, 2.75) is 32.4 Å². The lowest BCUT2D eigenvalue weighted by Crippen LogP contribution is -2.35. The van der Waals surface area contributed by atoms with Gasteiger partial charge in [0.25, 0.3) is 0 Å². The second-order valence-electron chi connectivity index (χ2n) is 7.05. The molecule has 1 aliphatic rings. The summed E-state index contributed by atoms with van der Waals surface area (Å²) in [6, 6.07) is 14.5. The summed E-state index contributed by atoms with van der Waals surface area (Å²) in [7, 11) is 0. The highest BCUT2D eigenvalue weighted by Crippen LogP contribution is 2.14. The highest BCUT2D eigenvalue weighted by molar-refractivity contribution is 5.79. The van der Waals surface area contributed by atoms with Crippen molar-refractivity contribution in [3.8, 4) is 0 Å². The predicted octanol–water partition coefficient (Wildman–Crippen LogP) is 2.58. The number of imidazole rings is 1. The summed E-state index contributed by atoms with van der Waals surface area (Å²) in [5, 5.41) is 3.58. The van der Waals surface area contributed by atoms with E-state index in [1.807, 2.05) is 41.4 Å². The zero-order valence-electron chi connectivity index (χ0n) is 15.1. The fourth-order valence-electron chi connectivity index (χ4n) is 3.55. The van der Waals surface area contributed by atoms with Crippen LogP contribution in [0.1, 0.15) is 23.2 Å². The molecule has 0 aliphatic carbocycles. The van der Waals surface area contributed by atoms with E-state index in [1.54, 1.807) is 0 Å². The van der Waals surface area contributed by atoms with E-state index in [4.69, 9.17) is 0 Å². The van der Waals surface area contributed by atoms with Gasteiger partial charge in [-0.2, -0.15) is 0 Å². The molecule has 0 bridgehead atoms. The van der Waals surface area contributed by atoms with Gasteiger partial charge in [0.05, 0.1) is 18.3 Å². The second-order valence-corrected chi connectivity index (χ2v) is 7.05. The highest BCUT2D eigenvalue weighted by Gasteiger charge is 2.25. The van der Waals surface area contributed by atoms with Crippen molar-refractivity contribution in [1.82, 2.24) is 19.6 Å². The largest absolute Gasteiger partial charge is 0.341 e. The first-order chi connectivity index (χ1) is 12.7. The first kappa shape index (κ1) is 16.8. The maximum atomic E-state index is 12.5. The van der Waals surface area contributed by atoms with Crippen molar-refractivity contribution in [1.29, 1.82) is 0 Å². The maximum Gasteiger partial charge on any atom is 0.227 e. The van der Waals surface area contributed by atoms with Crippen LogP contribution in [0.15, 0.2) is 54.9 Å². The standard InChI is InChI=1S/C21H24N4O/c1-16-7-10-25-19(14-23-20(25)11-16)13-22-18-8-9-24(15-18)21(26)12-17-5-3-2-4-6-17/h2-7,10-11,14,18,22H,8-9,12-13,15H2,1H3. The number of carbonyl (C=O) groups is 1. The van der Waals surface area contributed by atoms with Crippen molar-refractivity contribution in [2.24, 2.45) is 0 Å². The number of amides is 1. The predicted molar refractivity (Wildman–Crippen MR) is 102 cm³/mol. The first-order valence-corrected chi connectivity index (χ1v) is 9.17. The van der Waals surface area contributed by atoms with Gasteiger partial charge in [-0.05, 0) is 36.6 Å². The van der Waals surface area contributed by atoms with Gasteiger partial charge in [-0.3, -0.25) is 4.79 Å². The number of aryl methyl sites for hydroxylation is 1. The van der Waals surface area contributed by atoms with E-state index >= 15 is 0 Å². The summed E-state index contributed by atoms with van der Waals surface area (Å²) in [4.78, 5) is 18.9. The van der Waals surface area contributed by atoms with Gasteiger partial charge in [-0.15, -0.1) is 0 Å². The Morgan fingerprint density at radius 2 is 2.12 bits per heavy atom. The molecule has 1 fully saturated rings. The number of hydrogen-bond donors (Lipinski definition) is 1. The molecule has 5 nitrogen and oxygen atoms in total. The number of hydrogen-bond acceptors (Lipinski definition) is 3. The zero-order valence-corrected chi connectivity index (χ0v) is 15.1. The molecule has 5 heteroatoms. The molecule has 3 aromatic rings. The van der Waals surface area contributed by atoms with Crippen molar-refractivity contribution in [3.05, 3.63) is 71.7 Å². The third kappa shape index (κ3) is 3.63. The Morgan fingerprint density at radius 1 is 1.27 bits per heavy atom. The van der Waals surface area contributed by atoms with Gasteiger partial charge in [0.15, 0.2) is 0 Å². The minimum atomic E-state index is 0.214. The van der Waals surface area contributed by atoms with Crippen molar-refractivity contribution < 1.29 is 4.79 Å². The summed E-state index contributed by atoms with van der Waals surface area (Å²) in [5.41, 5.74) is 4.42. The van der Waals surface area contributed by atoms with Crippen LogP contribution in [0.25, 0.3) is 5.65 Å². The molecule has 134 valence electrons. The summed E-state index contributed by atoms with van der Waals surface area (Å²) in [5.74, 6) is 0.214. The van der Waals surface area contributed by atoms with E-state index in [-0.39, 0.29) is 5.91 Å². The Hall–Kier alpha value is -2.66. The van der Waals surface area contributed by atoms with Gasteiger partial charge >= 0.3 is 0 Å². The maximum absolute atomic E-state index is 12.5. The summed E-state index contributed by atoms with van der Waals surface area (Å²) < 4.78 is 2.12. The molecular weight excluding hydrogens is 324 g/mol. The van der Waals surface area contributed by atoms with Gasteiger partial charge in [0.1, 0.15) is 5.65 Å². The van der Waals surface area contributed by atoms with Gasteiger partial charge < -0.3 is 14.6 Å². The van der Waals surface area contributed by atoms with Crippen molar-refractivity contribution in [3.63, 3.8) is 0 Å². The van der Waals surface area contributed by atoms with Crippen LogP contribution in [0, 0.1) is 6.92 Å². The number of aromatic nitrogens is 2. The summed E-state index contributed by atoms with van der Waals surface area (Å²) in [6.45, 7) is 4.44. The van der Waals surface area contributed by atoms with Gasteiger partial charge in [-0.1, -0.05) is 30.3 Å². The molecular formula is C21H24N4O. The minimum Gasteiger partial charge on any atom is -0.341 e. The van der Waals surface area contributed by atoms with Crippen LogP contribution in [0.4, 0.5) is 0 Å². The molecule has 1 saturated heterocycles. The van der Waals surface area contributed by atoms with Crippen molar-refractivity contribution in [2.75, 3.05) is 13.1 Å². The van der Waals surface area contributed by atoms with Crippen LogP contribution in [0.5, 0.6) is 0 Å². The van der Waals surface area contributed by atoms with Crippen LogP contribution in [0.2, 0.25) is 0 Å². The zero-order chi connectivity index (χ0) is 17.9. The molecule has 26 heavy (non-hydrogen) atoms. The lowest BCUT2D eigenvalue weighted by Gasteiger charge is -2.17. The van der Waals surface area contributed by atoms with Crippen LogP contribution in [-0.2, 0) is 17.8 Å². The van der Waals surface area contributed by atoms with E-state index < -0.39 is 0 Å². The Balaban J connectivity index is 1.32. The molecule has 1 unspecified atom stereocenters. The molecule has 1 aromatic carbocycles. The molecule has 1 amide bonds. The average molecular weight is 348 g/mol. The molecule has 3 heterocycles. The van der Waals surface area contributed by atoms with Crippen LogP contribution < -0.4 is 5.32 Å². The number of fused-ring (bicyclic) bond motifs is 1. The fraction of sp³-hybridized carbons (Fsp3) is 0.333. The Bertz CT molecular complexity index is 903. The number of likely N-dealkylation sites (tertiary alicyclic amines) is 1. The summed E-state index contributed by atoms with van der Waals surface area (Å²) in [6.07, 6.45) is 5.48. The Kier molecular flexibility index (Phi) is 4.71. The van der Waals surface area contributed by atoms with E-state index in [0.717, 1.165) is 43.0 Å². The minimum absolute atomic E-state index is 0.214. The third-order valence-electron chi connectivity index (χ3n) is 5.06. The van der Waals surface area contributed by atoms with Crippen LogP contribution >= 0.6 is 0 Å². The molecule has 4 rings (SSSR count). The molecule has 0 saturated carbocycles. The van der Waals surface area contributed by atoms with Gasteiger partial charge in [-0.25, -0.2) is 4.98 Å². The number of benzene rings is 1. The highest BCUT2D eigenvalue weighted by atomic mass is 16.2. The quantitative estimate of drug-likeness (QED) is 0.771. The number of pyridine rings is 1. The second kappa shape index (κ2) is 7.30. The molecule has 1 aliphatic heterocycles. The normalized spacial score (nSPS) is 17.1.